The van der Waals surface area contributed by atoms with E-state index in [1.165, 1.54) is 12.1 Å². The molecule has 1 aliphatic rings. The number of likely N-dealkylation sites (N-methyl/N-ethyl adjacent to an activating group) is 1. The van der Waals surface area contributed by atoms with Crippen molar-refractivity contribution in [2.75, 3.05) is 18.9 Å². The highest BCUT2D eigenvalue weighted by atomic mass is 19.1. The van der Waals surface area contributed by atoms with Gasteiger partial charge in [0, 0.05) is 25.1 Å². The SMILES string of the molecule is CN1CCn2nc(NC(=O)CC(C)(C)C)c(-c3ccc(F)cc3)c2C1. The number of hydrogen-bond acceptors (Lipinski definition) is 3. The summed E-state index contributed by atoms with van der Waals surface area (Å²) in [5.74, 6) is 0.228. The summed E-state index contributed by atoms with van der Waals surface area (Å²) in [6, 6.07) is 6.35. The lowest BCUT2D eigenvalue weighted by atomic mass is 9.92. The zero-order valence-electron chi connectivity index (χ0n) is 15.3. The van der Waals surface area contributed by atoms with Crippen LogP contribution >= 0.6 is 0 Å². The molecule has 6 heteroatoms. The minimum absolute atomic E-state index is 0.0559. The number of halogens is 1. The molecular weight excluding hydrogens is 319 g/mol. The second-order valence-corrected chi connectivity index (χ2v) is 7.92. The second kappa shape index (κ2) is 6.59. The number of carbonyl (C=O) groups is 1. The van der Waals surface area contributed by atoms with Crippen molar-refractivity contribution >= 4 is 11.7 Å². The van der Waals surface area contributed by atoms with Crippen LogP contribution in [0.4, 0.5) is 10.2 Å². The summed E-state index contributed by atoms with van der Waals surface area (Å²) < 4.78 is 15.3. The maximum atomic E-state index is 13.3. The van der Waals surface area contributed by atoms with Crippen molar-refractivity contribution in [2.24, 2.45) is 5.41 Å². The predicted molar refractivity (Wildman–Crippen MR) is 96.7 cm³/mol. The van der Waals surface area contributed by atoms with E-state index in [-0.39, 0.29) is 17.1 Å². The molecule has 0 spiro atoms. The topological polar surface area (TPSA) is 50.2 Å². The van der Waals surface area contributed by atoms with Crippen LogP contribution in [-0.2, 0) is 17.9 Å². The molecule has 0 bridgehead atoms. The van der Waals surface area contributed by atoms with E-state index in [1.807, 2.05) is 25.5 Å². The van der Waals surface area contributed by atoms with Gasteiger partial charge >= 0.3 is 0 Å². The number of anilines is 1. The monoisotopic (exact) mass is 344 g/mol. The second-order valence-electron chi connectivity index (χ2n) is 7.92. The fourth-order valence-electron chi connectivity index (χ4n) is 3.11. The fraction of sp³-hybridized carbons (Fsp3) is 0.474. The Morgan fingerprint density at radius 2 is 1.92 bits per heavy atom. The average molecular weight is 344 g/mol. The summed E-state index contributed by atoms with van der Waals surface area (Å²) >= 11 is 0. The number of fused-ring (bicyclic) bond motifs is 1. The lowest BCUT2D eigenvalue weighted by Gasteiger charge is -2.24. The van der Waals surface area contributed by atoms with Crippen molar-refractivity contribution in [3.8, 4) is 11.1 Å². The van der Waals surface area contributed by atoms with E-state index in [4.69, 9.17) is 0 Å². The Bertz CT molecular complexity index is 774. The molecule has 0 fully saturated rings. The molecule has 25 heavy (non-hydrogen) atoms. The summed E-state index contributed by atoms with van der Waals surface area (Å²) in [6.45, 7) is 8.51. The number of rotatable bonds is 3. The van der Waals surface area contributed by atoms with Gasteiger partial charge in [0.2, 0.25) is 5.91 Å². The largest absolute Gasteiger partial charge is 0.309 e. The molecule has 1 N–H and O–H groups in total. The summed E-state index contributed by atoms with van der Waals surface area (Å²) in [4.78, 5) is 14.6. The van der Waals surface area contributed by atoms with Crippen molar-refractivity contribution in [1.82, 2.24) is 14.7 Å². The number of carbonyl (C=O) groups excluding carboxylic acids is 1. The molecule has 0 atom stereocenters. The summed E-state index contributed by atoms with van der Waals surface area (Å²) in [5.41, 5.74) is 2.70. The van der Waals surface area contributed by atoms with E-state index in [1.54, 1.807) is 12.1 Å². The summed E-state index contributed by atoms with van der Waals surface area (Å²) in [6.07, 6.45) is 0.415. The first-order chi connectivity index (χ1) is 11.7. The van der Waals surface area contributed by atoms with Gasteiger partial charge in [-0.3, -0.25) is 14.4 Å². The van der Waals surface area contributed by atoms with Crippen LogP contribution in [0.15, 0.2) is 24.3 Å². The smallest absolute Gasteiger partial charge is 0.226 e. The molecule has 0 saturated carbocycles. The summed E-state index contributed by atoms with van der Waals surface area (Å²) in [5, 5.41) is 7.59. The number of nitrogens with one attached hydrogen (secondary N) is 1. The molecule has 0 unspecified atom stereocenters. The molecule has 2 heterocycles. The highest BCUT2D eigenvalue weighted by molar-refractivity contribution is 5.95. The Hall–Kier alpha value is -2.21. The van der Waals surface area contributed by atoms with Crippen LogP contribution in [0.1, 0.15) is 32.9 Å². The van der Waals surface area contributed by atoms with Crippen LogP contribution in [0.2, 0.25) is 0 Å². The van der Waals surface area contributed by atoms with E-state index in [9.17, 15) is 9.18 Å². The zero-order valence-corrected chi connectivity index (χ0v) is 15.3. The maximum Gasteiger partial charge on any atom is 0.226 e. The molecule has 0 saturated heterocycles. The minimum Gasteiger partial charge on any atom is -0.309 e. The highest BCUT2D eigenvalue weighted by Gasteiger charge is 2.25. The Balaban J connectivity index is 2.00. The van der Waals surface area contributed by atoms with E-state index >= 15 is 0 Å². The van der Waals surface area contributed by atoms with Crippen molar-refractivity contribution < 1.29 is 9.18 Å². The Kier molecular flexibility index (Phi) is 4.64. The summed E-state index contributed by atoms with van der Waals surface area (Å²) in [7, 11) is 2.06. The van der Waals surface area contributed by atoms with Crippen molar-refractivity contribution in [3.63, 3.8) is 0 Å². The predicted octanol–water partition coefficient (Wildman–Crippen LogP) is 3.51. The molecule has 1 amide bonds. The number of aromatic nitrogens is 2. The first kappa shape index (κ1) is 17.6. The Morgan fingerprint density at radius 1 is 1.24 bits per heavy atom. The normalized spacial score (nSPS) is 15.1. The van der Waals surface area contributed by atoms with Gasteiger partial charge in [-0.2, -0.15) is 5.10 Å². The first-order valence-electron chi connectivity index (χ1n) is 8.57. The van der Waals surface area contributed by atoms with Gasteiger partial charge in [0.1, 0.15) is 5.82 Å². The zero-order chi connectivity index (χ0) is 18.2. The molecule has 1 aromatic heterocycles. The molecule has 3 rings (SSSR count). The van der Waals surface area contributed by atoms with E-state index in [0.717, 1.165) is 36.5 Å². The molecule has 5 nitrogen and oxygen atoms in total. The number of amides is 1. The van der Waals surface area contributed by atoms with Crippen LogP contribution in [0.3, 0.4) is 0 Å². The average Bonchev–Trinajstić information content (AvgIpc) is 2.83. The molecular formula is C19H25FN4O. The third-order valence-electron chi connectivity index (χ3n) is 4.25. The Labute approximate surface area is 147 Å². The van der Waals surface area contributed by atoms with E-state index in [2.05, 4.69) is 22.4 Å². The van der Waals surface area contributed by atoms with Gasteiger partial charge in [-0.25, -0.2) is 4.39 Å². The van der Waals surface area contributed by atoms with Gasteiger partial charge in [0.15, 0.2) is 5.82 Å². The molecule has 1 aliphatic heterocycles. The Morgan fingerprint density at radius 3 is 2.56 bits per heavy atom. The van der Waals surface area contributed by atoms with Crippen LogP contribution < -0.4 is 5.32 Å². The molecule has 0 radical (unpaired) electrons. The lowest BCUT2D eigenvalue weighted by Crippen LogP contribution is -2.30. The van der Waals surface area contributed by atoms with Gasteiger partial charge in [-0.1, -0.05) is 32.9 Å². The van der Waals surface area contributed by atoms with Gasteiger partial charge in [0.25, 0.3) is 0 Å². The maximum absolute atomic E-state index is 13.3. The first-order valence-corrected chi connectivity index (χ1v) is 8.57. The van der Waals surface area contributed by atoms with E-state index < -0.39 is 0 Å². The third-order valence-corrected chi connectivity index (χ3v) is 4.25. The van der Waals surface area contributed by atoms with Crippen molar-refractivity contribution in [3.05, 3.63) is 35.8 Å². The number of nitrogens with zero attached hydrogens (tertiary/aromatic N) is 3. The standard InChI is InChI=1S/C19H25FN4O/c1-19(2,3)11-16(25)21-18-17(13-5-7-14(20)8-6-13)15-12-23(4)9-10-24(15)22-18/h5-8H,9-12H2,1-4H3,(H,21,22,25). The fourth-order valence-corrected chi connectivity index (χ4v) is 3.11. The van der Waals surface area contributed by atoms with E-state index in [0.29, 0.717) is 12.2 Å². The number of hydrogen-bond donors (Lipinski definition) is 1. The van der Waals surface area contributed by atoms with Gasteiger partial charge < -0.3 is 5.32 Å². The minimum atomic E-state index is -0.278. The highest BCUT2D eigenvalue weighted by Crippen LogP contribution is 2.34. The van der Waals surface area contributed by atoms with Crippen LogP contribution in [0, 0.1) is 11.2 Å². The van der Waals surface area contributed by atoms with Gasteiger partial charge in [0.05, 0.1) is 12.2 Å². The van der Waals surface area contributed by atoms with Crippen molar-refractivity contribution in [1.29, 1.82) is 0 Å². The van der Waals surface area contributed by atoms with Crippen LogP contribution in [0.5, 0.6) is 0 Å². The molecule has 0 aliphatic carbocycles. The number of benzene rings is 1. The van der Waals surface area contributed by atoms with Gasteiger partial charge in [-0.05, 0) is 30.2 Å². The van der Waals surface area contributed by atoms with Gasteiger partial charge in [-0.15, -0.1) is 0 Å². The van der Waals surface area contributed by atoms with Crippen LogP contribution in [0.25, 0.3) is 11.1 Å². The third kappa shape index (κ3) is 4.07. The quantitative estimate of drug-likeness (QED) is 0.927. The lowest BCUT2D eigenvalue weighted by molar-refractivity contribution is -0.117. The molecule has 1 aromatic carbocycles. The van der Waals surface area contributed by atoms with Crippen molar-refractivity contribution in [2.45, 2.75) is 40.3 Å². The molecule has 134 valence electrons. The molecule has 2 aromatic rings. The van der Waals surface area contributed by atoms with Crippen LogP contribution in [-0.4, -0.2) is 34.2 Å².